The van der Waals surface area contributed by atoms with Crippen LogP contribution >= 0.6 is 0 Å². The van der Waals surface area contributed by atoms with Crippen LogP contribution in [0.4, 0.5) is 0 Å². The van der Waals surface area contributed by atoms with E-state index in [2.05, 4.69) is 5.32 Å². The molecule has 2 aliphatic rings. The Labute approximate surface area is 95.6 Å². The maximum absolute atomic E-state index is 11.9. The summed E-state index contributed by atoms with van der Waals surface area (Å²) >= 11 is 0. The van der Waals surface area contributed by atoms with Gasteiger partial charge in [0, 0.05) is 13.1 Å². The standard InChI is InChI=1S/C11H19N3O2/c15-10(14-6-2-1-3-7-14)8-9-11(16)13-5-4-12-9/h9,12H,1-8H2,(H,13,16)/p+1/t9-/m0/s1. The first-order chi connectivity index (χ1) is 7.77. The molecule has 2 saturated heterocycles. The lowest BCUT2D eigenvalue weighted by Crippen LogP contribution is -2.96. The summed E-state index contributed by atoms with van der Waals surface area (Å²) in [6, 6.07) is -0.205. The number of likely N-dealkylation sites (tertiary alicyclic amines) is 1. The van der Waals surface area contributed by atoms with Crippen molar-refractivity contribution < 1.29 is 14.9 Å². The van der Waals surface area contributed by atoms with Crippen LogP contribution in [0.15, 0.2) is 0 Å². The number of nitrogens with two attached hydrogens (primary N) is 1. The molecule has 2 rings (SSSR count). The van der Waals surface area contributed by atoms with Crippen LogP contribution in [-0.2, 0) is 9.59 Å². The Morgan fingerprint density at radius 3 is 2.81 bits per heavy atom. The summed E-state index contributed by atoms with van der Waals surface area (Å²) in [6.07, 6.45) is 3.78. The van der Waals surface area contributed by atoms with Crippen LogP contribution in [0.2, 0.25) is 0 Å². The fourth-order valence-corrected chi connectivity index (χ4v) is 2.35. The molecule has 2 fully saturated rings. The van der Waals surface area contributed by atoms with Gasteiger partial charge in [0.2, 0.25) is 5.91 Å². The minimum Gasteiger partial charge on any atom is -0.345 e. The highest BCUT2D eigenvalue weighted by molar-refractivity contribution is 5.87. The number of nitrogens with zero attached hydrogens (tertiary/aromatic N) is 1. The molecule has 0 aromatic heterocycles. The van der Waals surface area contributed by atoms with Gasteiger partial charge in [-0.1, -0.05) is 0 Å². The molecule has 2 heterocycles. The Bertz CT molecular complexity index is 274. The van der Waals surface area contributed by atoms with E-state index in [9.17, 15) is 9.59 Å². The average molecular weight is 226 g/mol. The normalized spacial score (nSPS) is 26.4. The van der Waals surface area contributed by atoms with E-state index in [0.29, 0.717) is 13.0 Å². The summed E-state index contributed by atoms with van der Waals surface area (Å²) in [5.74, 6) is 0.148. The van der Waals surface area contributed by atoms with Crippen molar-refractivity contribution >= 4 is 11.8 Å². The maximum Gasteiger partial charge on any atom is 0.278 e. The summed E-state index contributed by atoms with van der Waals surface area (Å²) in [7, 11) is 0. The average Bonchev–Trinajstić information content (AvgIpc) is 2.33. The Morgan fingerprint density at radius 2 is 2.12 bits per heavy atom. The molecule has 1 atom stereocenters. The van der Waals surface area contributed by atoms with Gasteiger partial charge in [0.25, 0.3) is 5.91 Å². The summed E-state index contributed by atoms with van der Waals surface area (Å²) in [5.41, 5.74) is 0. The van der Waals surface area contributed by atoms with Crippen LogP contribution in [0, 0.1) is 0 Å². The SMILES string of the molecule is O=C1NCC[NH2+][C@H]1CC(=O)N1CCCCC1. The molecule has 0 unspecified atom stereocenters. The number of carbonyl (C=O) groups is 2. The molecule has 0 aromatic rings. The fraction of sp³-hybridized carbons (Fsp3) is 0.818. The smallest absolute Gasteiger partial charge is 0.278 e. The minimum absolute atomic E-state index is 0.0107. The van der Waals surface area contributed by atoms with E-state index < -0.39 is 0 Å². The highest BCUT2D eigenvalue weighted by atomic mass is 16.2. The molecule has 2 aliphatic heterocycles. The zero-order valence-electron chi connectivity index (χ0n) is 9.58. The van der Waals surface area contributed by atoms with Crippen molar-refractivity contribution in [3.05, 3.63) is 0 Å². The molecule has 0 aliphatic carbocycles. The van der Waals surface area contributed by atoms with Crippen molar-refractivity contribution in [3.8, 4) is 0 Å². The number of rotatable bonds is 2. The number of nitrogens with one attached hydrogen (secondary N) is 1. The molecular weight excluding hydrogens is 206 g/mol. The summed E-state index contributed by atoms with van der Waals surface area (Å²) in [4.78, 5) is 25.3. The number of quaternary nitrogens is 1. The topological polar surface area (TPSA) is 66.0 Å². The van der Waals surface area contributed by atoms with Gasteiger partial charge in [0.15, 0.2) is 6.04 Å². The van der Waals surface area contributed by atoms with Gasteiger partial charge in [-0.3, -0.25) is 9.59 Å². The van der Waals surface area contributed by atoms with E-state index in [-0.39, 0.29) is 17.9 Å². The van der Waals surface area contributed by atoms with Crippen molar-refractivity contribution in [3.63, 3.8) is 0 Å². The number of hydrogen-bond donors (Lipinski definition) is 2. The van der Waals surface area contributed by atoms with E-state index in [0.717, 1.165) is 32.5 Å². The van der Waals surface area contributed by atoms with Gasteiger partial charge in [-0.15, -0.1) is 0 Å². The van der Waals surface area contributed by atoms with Gasteiger partial charge in [-0.2, -0.15) is 0 Å². The number of hydrogen-bond acceptors (Lipinski definition) is 2. The van der Waals surface area contributed by atoms with E-state index in [4.69, 9.17) is 0 Å². The highest BCUT2D eigenvalue weighted by Crippen LogP contribution is 2.10. The molecule has 0 spiro atoms. The van der Waals surface area contributed by atoms with E-state index in [1.54, 1.807) is 0 Å². The van der Waals surface area contributed by atoms with Crippen LogP contribution in [-0.4, -0.2) is 48.9 Å². The van der Waals surface area contributed by atoms with Crippen LogP contribution in [0.5, 0.6) is 0 Å². The van der Waals surface area contributed by atoms with Crippen LogP contribution in [0.25, 0.3) is 0 Å². The van der Waals surface area contributed by atoms with Gasteiger partial charge in [0.05, 0.1) is 19.5 Å². The van der Waals surface area contributed by atoms with Crippen LogP contribution in [0.3, 0.4) is 0 Å². The zero-order chi connectivity index (χ0) is 11.4. The van der Waals surface area contributed by atoms with Crippen molar-refractivity contribution in [2.75, 3.05) is 26.2 Å². The van der Waals surface area contributed by atoms with E-state index in [1.165, 1.54) is 6.42 Å². The lowest BCUT2D eigenvalue weighted by molar-refractivity contribution is -0.678. The van der Waals surface area contributed by atoms with Gasteiger partial charge in [-0.05, 0) is 19.3 Å². The summed E-state index contributed by atoms with van der Waals surface area (Å²) < 4.78 is 0. The predicted octanol–water partition coefficient (Wildman–Crippen LogP) is -1.55. The Morgan fingerprint density at radius 1 is 1.38 bits per heavy atom. The monoisotopic (exact) mass is 226 g/mol. The van der Waals surface area contributed by atoms with Crippen molar-refractivity contribution in [2.24, 2.45) is 0 Å². The second-order valence-electron chi connectivity index (χ2n) is 4.57. The molecule has 0 bridgehead atoms. The van der Waals surface area contributed by atoms with E-state index >= 15 is 0 Å². The molecule has 5 heteroatoms. The third-order valence-electron chi connectivity index (χ3n) is 3.33. The lowest BCUT2D eigenvalue weighted by atomic mass is 10.1. The van der Waals surface area contributed by atoms with Crippen LogP contribution in [0.1, 0.15) is 25.7 Å². The molecule has 0 aromatic carbocycles. The first kappa shape index (κ1) is 11.4. The quantitative estimate of drug-likeness (QED) is 0.599. The molecule has 5 nitrogen and oxygen atoms in total. The Kier molecular flexibility index (Phi) is 3.77. The van der Waals surface area contributed by atoms with Gasteiger partial charge < -0.3 is 15.5 Å². The van der Waals surface area contributed by atoms with Gasteiger partial charge >= 0.3 is 0 Å². The molecule has 3 N–H and O–H groups in total. The summed E-state index contributed by atoms with van der Waals surface area (Å²) in [5, 5.41) is 4.77. The first-order valence-corrected chi connectivity index (χ1v) is 6.16. The molecule has 2 amide bonds. The lowest BCUT2D eigenvalue weighted by Gasteiger charge is -2.28. The second kappa shape index (κ2) is 5.30. The Hall–Kier alpha value is -1.10. The fourth-order valence-electron chi connectivity index (χ4n) is 2.35. The van der Waals surface area contributed by atoms with Gasteiger partial charge in [0.1, 0.15) is 0 Å². The Balaban J connectivity index is 1.83. The molecular formula is C11H20N3O2+. The molecule has 0 saturated carbocycles. The molecule has 16 heavy (non-hydrogen) atoms. The maximum atomic E-state index is 11.9. The number of piperidine rings is 1. The third-order valence-corrected chi connectivity index (χ3v) is 3.33. The molecule has 90 valence electrons. The number of piperazine rings is 1. The number of amides is 2. The third kappa shape index (κ3) is 2.72. The van der Waals surface area contributed by atoms with Crippen molar-refractivity contribution in [1.29, 1.82) is 0 Å². The van der Waals surface area contributed by atoms with Crippen LogP contribution < -0.4 is 10.6 Å². The highest BCUT2D eigenvalue weighted by Gasteiger charge is 2.30. The number of carbonyl (C=O) groups excluding carboxylic acids is 2. The van der Waals surface area contributed by atoms with E-state index in [1.807, 2.05) is 10.2 Å². The molecule has 0 radical (unpaired) electrons. The minimum atomic E-state index is -0.205. The largest absolute Gasteiger partial charge is 0.345 e. The summed E-state index contributed by atoms with van der Waals surface area (Å²) in [6.45, 7) is 3.33. The van der Waals surface area contributed by atoms with Gasteiger partial charge in [-0.25, -0.2) is 0 Å². The predicted molar refractivity (Wildman–Crippen MR) is 58.6 cm³/mol. The second-order valence-corrected chi connectivity index (χ2v) is 4.57. The first-order valence-electron chi connectivity index (χ1n) is 6.16. The zero-order valence-corrected chi connectivity index (χ0v) is 9.58. The van der Waals surface area contributed by atoms with Crippen molar-refractivity contribution in [2.45, 2.75) is 31.7 Å². The van der Waals surface area contributed by atoms with Crippen molar-refractivity contribution in [1.82, 2.24) is 10.2 Å².